The normalized spacial score (nSPS) is 26.7. The van der Waals surface area contributed by atoms with Crippen LogP contribution in [0.5, 0.6) is 0 Å². The van der Waals surface area contributed by atoms with E-state index in [1.54, 1.807) is 0 Å². The van der Waals surface area contributed by atoms with Gasteiger partial charge >= 0.3 is 0 Å². The summed E-state index contributed by atoms with van der Waals surface area (Å²) in [5, 5.41) is 10.1. The van der Waals surface area contributed by atoms with Gasteiger partial charge in [-0.1, -0.05) is 45.4 Å². The predicted octanol–water partition coefficient (Wildman–Crippen LogP) is 4.49. The smallest absolute Gasteiger partial charge is 0.119 e. The highest BCUT2D eigenvalue weighted by molar-refractivity contribution is 5.48. The van der Waals surface area contributed by atoms with E-state index in [1.807, 2.05) is 0 Å². The van der Waals surface area contributed by atoms with E-state index < -0.39 is 0 Å². The largest absolute Gasteiger partial charge is 0.393 e. The number of hydrogen-bond acceptors (Lipinski definition) is 2. The Balaban J connectivity index is 2.15. The van der Waals surface area contributed by atoms with Crippen molar-refractivity contribution in [1.82, 2.24) is 0 Å². The maximum atomic E-state index is 10.4. The molecular weight excluding hydrogens is 236 g/mol. The zero-order valence-corrected chi connectivity index (χ0v) is 12.7. The van der Waals surface area contributed by atoms with Crippen LogP contribution in [0.15, 0.2) is 0 Å². The van der Waals surface area contributed by atoms with Gasteiger partial charge in [-0.05, 0) is 43.9 Å². The lowest BCUT2D eigenvalue weighted by molar-refractivity contribution is -0.108. The van der Waals surface area contributed by atoms with Gasteiger partial charge in [0.2, 0.25) is 0 Å². The first-order chi connectivity index (χ1) is 9.29. The Kier molecular flexibility index (Phi) is 9.15. The number of rotatable bonds is 11. The van der Waals surface area contributed by atoms with Gasteiger partial charge in [-0.3, -0.25) is 0 Å². The third-order valence-corrected chi connectivity index (χ3v) is 4.72. The quantitative estimate of drug-likeness (QED) is 0.443. The summed E-state index contributed by atoms with van der Waals surface area (Å²) in [6.45, 7) is 2.25. The fourth-order valence-electron chi connectivity index (χ4n) is 3.54. The highest BCUT2D eigenvalue weighted by Gasteiger charge is 2.33. The summed E-state index contributed by atoms with van der Waals surface area (Å²) < 4.78 is 0. The average Bonchev–Trinajstić information content (AvgIpc) is 2.75. The topological polar surface area (TPSA) is 37.3 Å². The molecule has 1 fully saturated rings. The molecule has 0 spiro atoms. The molecule has 3 atom stereocenters. The minimum Gasteiger partial charge on any atom is -0.393 e. The van der Waals surface area contributed by atoms with Gasteiger partial charge in [0, 0.05) is 6.42 Å². The molecule has 0 radical (unpaired) electrons. The Hall–Kier alpha value is -0.370. The van der Waals surface area contributed by atoms with Gasteiger partial charge in [-0.2, -0.15) is 0 Å². The number of aliphatic hydroxyl groups excluding tert-OH is 1. The summed E-state index contributed by atoms with van der Waals surface area (Å²) >= 11 is 0. The zero-order valence-electron chi connectivity index (χ0n) is 12.7. The second-order valence-electron chi connectivity index (χ2n) is 6.22. The van der Waals surface area contributed by atoms with E-state index in [4.69, 9.17) is 0 Å². The molecule has 1 aliphatic rings. The van der Waals surface area contributed by atoms with Gasteiger partial charge < -0.3 is 9.90 Å². The van der Waals surface area contributed by atoms with Crippen LogP contribution < -0.4 is 0 Å². The number of aliphatic hydroxyl groups is 1. The summed E-state index contributed by atoms with van der Waals surface area (Å²) in [4.78, 5) is 10.4. The van der Waals surface area contributed by atoms with Crippen LogP contribution in [-0.4, -0.2) is 17.5 Å². The van der Waals surface area contributed by atoms with E-state index in [9.17, 15) is 9.90 Å². The molecule has 0 heterocycles. The summed E-state index contributed by atoms with van der Waals surface area (Å²) in [7, 11) is 0. The van der Waals surface area contributed by atoms with Crippen molar-refractivity contribution < 1.29 is 9.90 Å². The lowest BCUT2D eigenvalue weighted by Crippen LogP contribution is -2.19. The third-order valence-electron chi connectivity index (χ3n) is 4.72. The number of hydrogen-bond donors (Lipinski definition) is 1. The maximum Gasteiger partial charge on any atom is 0.119 e. The highest BCUT2D eigenvalue weighted by atomic mass is 16.3. The van der Waals surface area contributed by atoms with E-state index in [0.717, 1.165) is 25.5 Å². The summed E-state index contributed by atoms with van der Waals surface area (Å²) in [6.07, 6.45) is 15.1. The summed E-state index contributed by atoms with van der Waals surface area (Å²) in [6, 6.07) is 0. The highest BCUT2D eigenvalue weighted by Crippen LogP contribution is 2.38. The van der Waals surface area contributed by atoms with E-state index >= 15 is 0 Å². The van der Waals surface area contributed by atoms with Crippen LogP contribution in [0.1, 0.15) is 84.0 Å². The molecule has 0 saturated heterocycles. The Morgan fingerprint density at radius 1 is 1.00 bits per heavy atom. The van der Waals surface area contributed by atoms with Crippen LogP contribution in [0.3, 0.4) is 0 Å². The van der Waals surface area contributed by atoms with Gasteiger partial charge in [0.15, 0.2) is 0 Å². The van der Waals surface area contributed by atoms with Crippen LogP contribution in [0.4, 0.5) is 0 Å². The Labute approximate surface area is 119 Å². The van der Waals surface area contributed by atoms with Crippen molar-refractivity contribution in [1.29, 1.82) is 0 Å². The molecule has 0 amide bonds. The molecule has 0 aromatic rings. The Bertz CT molecular complexity index is 227. The van der Waals surface area contributed by atoms with Crippen LogP contribution in [0.25, 0.3) is 0 Å². The lowest BCUT2D eigenvalue weighted by atomic mass is 9.86. The molecule has 1 rings (SSSR count). The van der Waals surface area contributed by atoms with E-state index in [-0.39, 0.29) is 6.10 Å². The van der Waals surface area contributed by atoms with Crippen LogP contribution in [0, 0.1) is 11.8 Å². The second kappa shape index (κ2) is 10.4. The van der Waals surface area contributed by atoms with Crippen molar-refractivity contribution in [3.05, 3.63) is 0 Å². The minimum absolute atomic E-state index is 0.0723. The molecule has 3 unspecified atom stereocenters. The van der Waals surface area contributed by atoms with Crippen molar-refractivity contribution >= 4 is 6.29 Å². The third kappa shape index (κ3) is 6.56. The standard InChI is InChI=1S/C17H32O2/c1-2-3-4-5-6-7-11-16-15(10-8-9-14-18)12-13-17(16)19/h14-17,19H,2-13H2,1H3. The molecule has 0 bridgehead atoms. The first-order valence-corrected chi connectivity index (χ1v) is 8.41. The van der Waals surface area contributed by atoms with Gasteiger partial charge in [0.25, 0.3) is 0 Å². The molecular formula is C17H32O2. The first-order valence-electron chi connectivity index (χ1n) is 8.41. The Morgan fingerprint density at radius 3 is 2.47 bits per heavy atom. The molecule has 0 aromatic heterocycles. The van der Waals surface area contributed by atoms with Gasteiger partial charge in [-0.25, -0.2) is 0 Å². The number of unbranched alkanes of at least 4 members (excludes halogenated alkanes) is 6. The van der Waals surface area contributed by atoms with Crippen molar-refractivity contribution in [2.24, 2.45) is 11.8 Å². The fraction of sp³-hybridized carbons (Fsp3) is 0.941. The number of aldehydes is 1. The molecule has 2 heteroatoms. The molecule has 1 N–H and O–H groups in total. The minimum atomic E-state index is -0.0723. The van der Waals surface area contributed by atoms with E-state index in [1.165, 1.54) is 51.4 Å². The van der Waals surface area contributed by atoms with Crippen molar-refractivity contribution in [2.45, 2.75) is 90.1 Å². The molecule has 112 valence electrons. The second-order valence-corrected chi connectivity index (χ2v) is 6.22. The molecule has 1 saturated carbocycles. The monoisotopic (exact) mass is 268 g/mol. The predicted molar refractivity (Wildman–Crippen MR) is 80.1 cm³/mol. The molecule has 2 nitrogen and oxygen atoms in total. The van der Waals surface area contributed by atoms with Crippen molar-refractivity contribution in [2.75, 3.05) is 0 Å². The maximum absolute atomic E-state index is 10.4. The lowest BCUT2D eigenvalue weighted by Gasteiger charge is -2.22. The molecule has 0 aliphatic heterocycles. The SMILES string of the molecule is CCCCCCCCC1C(O)CCC1CCCC=O. The van der Waals surface area contributed by atoms with Crippen LogP contribution in [-0.2, 0) is 4.79 Å². The number of carbonyl (C=O) groups excluding carboxylic acids is 1. The molecule has 1 aliphatic carbocycles. The van der Waals surface area contributed by atoms with E-state index in [0.29, 0.717) is 18.3 Å². The summed E-state index contributed by atoms with van der Waals surface area (Å²) in [5.41, 5.74) is 0. The van der Waals surface area contributed by atoms with Crippen molar-refractivity contribution in [3.8, 4) is 0 Å². The van der Waals surface area contributed by atoms with Gasteiger partial charge in [0.05, 0.1) is 6.10 Å². The van der Waals surface area contributed by atoms with Gasteiger partial charge in [0.1, 0.15) is 6.29 Å². The first kappa shape index (κ1) is 16.7. The average molecular weight is 268 g/mol. The molecule has 19 heavy (non-hydrogen) atoms. The fourth-order valence-corrected chi connectivity index (χ4v) is 3.54. The molecule has 0 aromatic carbocycles. The van der Waals surface area contributed by atoms with E-state index in [2.05, 4.69) is 6.92 Å². The van der Waals surface area contributed by atoms with Crippen LogP contribution >= 0.6 is 0 Å². The number of carbonyl (C=O) groups is 1. The van der Waals surface area contributed by atoms with Gasteiger partial charge in [-0.15, -0.1) is 0 Å². The zero-order chi connectivity index (χ0) is 13.9. The van der Waals surface area contributed by atoms with Crippen LogP contribution in [0.2, 0.25) is 0 Å². The Morgan fingerprint density at radius 2 is 1.74 bits per heavy atom. The van der Waals surface area contributed by atoms with Crippen molar-refractivity contribution in [3.63, 3.8) is 0 Å². The summed E-state index contributed by atoms with van der Waals surface area (Å²) in [5.74, 6) is 1.18.